The second-order valence-corrected chi connectivity index (χ2v) is 6.22. The monoisotopic (exact) mass is 405 g/mol. The van der Waals surface area contributed by atoms with Crippen molar-refractivity contribution >= 4 is 18.2 Å². The van der Waals surface area contributed by atoms with Crippen molar-refractivity contribution in [3.8, 4) is 17.2 Å². The van der Waals surface area contributed by atoms with Crippen LogP contribution in [0.25, 0.3) is 0 Å². The molecule has 3 amide bonds. The summed E-state index contributed by atoms with van der Waals surface area (Å²) in [5.74, 6) is -0.735. The lowest BCUT2D eigenvalue weighted by atomic mass is 9.92. The number of ether oxygens (including phenoxy) is 2. The van der Waals surface area contributed by atoms with Gasteiger partial charge in [-0.3, -0.25) is 4.79 Å². The summed E-state index contributed by atoms with van der Waals surface area (Å²) in [7, 11) is 1.39. The largest absolute Gasteiger partial charge is 0.504 e. The topological polar surface area (TPSA) is 100 Å². The fraction of sp³-hybridized carbons (Fsp3) is 0.211. The molecule has 2 aromatic rings. The Morgan fingerprint density at radius 1 is 1.21 bits per heavy atom. The molecule has 152 valence electrons. The number of halogens is 2. The number of amides is 3. The molecule has 0 aliphatic carbocycles. The van der Waals surface area contributed by atoms with E-state index in [1.54, 1.807) is 12.1 Å². The maximum Gasteiger partial charge on any atom is 0.387 e. The van der Waals surface area contributed by atoms with Gasteiger partial charge in [0.05, 0.1) is 13.3 Å². The van der Waals surface area contributed by atoms with E-state index in [0.29, 0.717) is 10.6 Å². The number of alkyl halides is 2. The highest BCUT2D eigenvalue weighted by Crippen LogP contribution is 2.31. The van der Waals surface area contributed by atoms with Gasteiger partial charge in [-0.05, 0) is 36.8 Å². The first-order valence-electron chi connectivity index (χ1n) is 8.38. The SMILES string of the molecule is COc1cccc(/C=N/N2C(=O)N[C@@](C)(c3ccc(OC(F)F)cc3)C2=O)c1O. The van der Waals surface area contributed by atoms with Crippen molar-refractivity contribution in [1.82, 2.24) is 10.3 Å². The van der Waals surface area contributed by atoms with Crippen LogP contribution in [0.15, 0.2) is 47.6 Å². The lowest BCUT2D eigenvalue weighted by Crippen LogP contribution is -2.40. The molecule has 8 nitrogen and oxygen atoms in total. The van der Waals surface area contributed by atoms with E-state index in [1.807, 2.05) is 0 Å². The predicted molar refractivity (Wildman–Crippen MR) is 98.1 cm³/mol. The van der Waals surface area contributed by atoms with E-state index in [2.05, 4.69) is 15.2 Å². The number of nitrogens with zero attached hydrogens (tertiary/aromatic N) is 2. The number of para-hydroxylation sites is 1. The van der Waals surface area contributed by atoms with Gasteiger partial charge < -0.3 is 19.9 Å². The molecule has 1 atom stereocenters. The third-order valence-corrected chi connectivity index (χ3v) is 4.39. The maximum atomic E-state index is 12.8. The average molecular weight is 405 g/mol. The summed E-state index contributed by atoms with van der Waals surface area (Å²) in [6.07, 6.45) is 1.15. The Morgan fingerprint density at radius 2 is 1.90 bits per heavy atom. The molecule has 0 bridgehead atoms. The third kappa shape index (κ3) is 3.82. The van der Waals surface area contributed by atoms with Gasteiger partial charge in [-0.25, -0.2) is 4.79 Å². The van der Waals surface area contributed by atoms with Crippen molar-refractivity contribution in [2.45, 2.75) is 19.1 Å². The molecule has 1 aliphatic heterocycles. The Hall–Kier alpha value is -3.69. The Kier molecular flexibility index (Phi) is 5.35. The van der Waals surface area contributed by atoms with Crippen LogP contribution in [0.1, 0.15) is 18.1 Å². The maximum absolute atomic E-state index is 12.8. The molecule has 29 heavy (non-hydrogen) atoms. The molecule has 0 aromatic heterocycles. The zero-order chi connectivity index (χ0) is 21.2. The molecule has 0 radical (unpaired) electrons. The highest BCUT2D eigenvalue weighted by Gasteiger charge is 2.49. The smallest absolute Gasteiger partial charge is 0.387 e. The number of hydrogen-bond acceptors (Lipinski definition) is 6. The van der Waals surface area contributed by atoms with E-state index < -0.39 is 24.1 Å². The van der Waals surface area contributed by atoms with Gasteiger partial charge in [0, 0.05) is 5.56 Å². The van der Waals surface area contributed by atoms with Crippen molar-refractivity contribution in [3.05, 3.63) is 53.6 Å². The van der Waals surface area contributed by atoms with E-state index in [0.717, 1.165) is 6.21 Å². The van der Waals surface area contributed by atoms with Gasteiger partial charge in [-0.2, -0.15) is 13.9 Å². The van der Waals surface area contributed by atoms with Crippen molar-refractivity contribution < 1.29 is 33.0 Å². The number of hydrogen-bond donors (Lipinski definition) is 2. The molecule has 0 spiro atoms. The van der Waals surface area contributed by atoms with Crippen molar-refractivity contribution in [2.75, 3.05) is 7.11 Å². The minimum atomic E-state index is -2.97. The number of methoxy groups -OCH3 is 1. The molecule has 1 fully saturated rings. The Balaban J connectivity index is 1.84. The van der Waals surface area contributed by atoms with E-state index in [4.69, 9.17) is 4.74 Å². The Labute approximate surface area is 164 Å². The van der Waals surface area contributed by atoms with Crippen LogP contribution >= 0.6 is 0 Å². The molecule has 1 saturated heterocycles. The van der Waals surface area contributed by atoms with Crippen LogP contribution in [-0.4, -0.2) is 42.0 Å². The first kappa shape index (κ1) is 20.1. The van der Waals surface area contributed by atoms with Crippen LogP contribution in [0.4, 0.5) is 13.6 Å². The number of imide groups is 1. The summed E-state index contributed by atoms with van der Waals surface area (Å²) in [5.41, 5.74) is -0.847. The molecule has 3 rings (SSSR count). The second kappa shape index (κ2) is 7.74. The zero-order valence-corrected chi connectivity index (χ0v) is 15.4. The summed E-state index contributed by atoms with van der Waals surface area (Å²) in [5, 5.41) is 17.1. The lowest BCUT2D eigenvalue weighted by Gasteiger charge is -2.21. The fourth-order valence-corrected chi connectivity index (χ4v) is 2.82. The van der Waals surface area contributed by atoms with Crippen molar-refractivity contribution in [1.29, 1.82) is 0 Å². The summed E-state index contributed by atoms with van der Waals surface area (Å²) in [4.78, 5) is 25.1. The van der Waals surface area contributed by atoms with Gasteiger partial charge in [-0.1, -0.05) is 18.2 Å². The van der Waals surface area contributed by atoms with Crippen molar-refractivity contribution in [3.63, 3.8) is 0 Å². The number of urea groups is 1. The molecule has 1 aliphatic rings. The fourth-order valence-electron chi connectivity index (χ4n) is 2.82. The van der Waals surface area contributed by atoms with Gasteiger partial charge in [0.15, 0.2) is 11.5 Å². The average Bonchev–Trinajstić information content (AvgIpc) is 2.90. The lowest BCUT2D eigenvalue weighted by molar-refractivity contribution is -0.131. The summed E-state index contributed by atoms with van der Waals surface area (Å²) < 4.78 is 33.8. The van der Waals surface area contributed by atoms with E-state index in [-0.39, 0.29) is 22.8 Å². The number of hydrazone groups is 1. The quantitative estimate of drug-likeness (QED) is 0.569. The van der Waals surface area contributed by atoms with Crippen LogP contribution < -0.4 is 14.8 Å². The van der Waals surface area contributed by atoms with Gasteiger partial charge in [-0.15, -0.1) is 5.01 Å². The number of carbonyl (C=O) groups excluding carboxylic acids is 2. The summed E-state index contributed by atoms with van der Waals surface area (Å²) >= 11 is 0. The molecular weight excluding hydrogens is 388 g/mol. The van der Waals surface area contributed by atoms with Crippen LogP contribution in [0, 0.1) is 0 Å². The van der Waals surface area contributed by atoms with E-state index >= 15 is 0 Å². The van der Waals surface area contributed by atoms with Gasteiger partial charge in [0.1, 0.15) is 11.3 Å². The van der Waals surface area contributed by atoms with E-state index in [9.17, 15) is 23.5 Å². The molecule has 0 unspecified atom stereocenters. The second-order valence-electron chi connectivity index (χ2n) is 6.22. The number of phenols is 1. The minimum Gasteiger partial charge on any atom is -0.504 e. The predicted octanol–water partition coefficient (Wildman–Crippen LogP) is 2.80. The number of phenolic OH excluding ortho intramolecular Hbond substituents is 1. The van der Waals surface area contributed by atoms with Gasteiger partial charge in [0.25, 0.3) is 5.91 Å². The highest BCUT2D eigenvalue weighted by atomic mass is 19.3. The number of benzene rings is 2. The van der Waals surface area contributed by atoms with Crippen LogP contribution in [0.2, 0.25) is 0 Å². The summed E-state index contributed by atoms with van der Waals surface area (Å²) in [6.45, 7) is -1.50. The normalized spacial score (nSPS) is 19.1. The number of aromatic hydroxyl groups is 1. The van der Waals surface area contributed by atoms with Crippen LogP contribution in [-0.2, 0) is 10.3 Å². The number of nitrogens with one attached hydrogen (secondary N) is 1. The van der Waals surface area contributed by atoms with Crippen LogP contribution in [0.3, 0.4) is 0 Å². The first-order valence-corrected chi connectivity index (χ1v) is 8.38. The van der Waals surface area contributed by atoms with Gasteiger partial charge in [0.2, 0.25) is 0 Å². The molecule has 2 N–H and O–H groups in total. The molecule has 1 heterocycles. The highest BCUT2D eigenvalue weighted by molar-refractivity contribution is 6.07. The first-order chi connectivity index (χ1) is 13.8. The number of rotatable bonds is 6. The molecule has 10 heteroatoms. The molecular formula is C19H17F2N3O5. The minimum absolute atomic E-state index is 0.0764. The molecule has 0 saturated carbocycles. The van der Waals surface area contributed by atoms with Crippen molar-refractivity contribution in [2.24, 2.45) is 5.10 Å². The van der Waals surface area contributed by atoms with E-state index in [1.165, 1.54) is 44.4 Å². The Bertz CT molecular complexity index is 965. The summed E-state index contributed by atoms with van der Waals surface area (Å²) in [6, 6.07) is 9.25. The Morgan fingerprint density at radius 3 is 2.52 bits per heavy atom. The standard InChI is InChI=1S/C19H17F2N3O5/c1-19(12-6-8-13(9-7-12)29-17(20)21)16(26)24(18(27)23-19)22-10-11-4-3-5-14(28-2)15(11)25/h3-10,17,25H,1-2H3,(H,23,27)/b22-10+/t19-/m0/s1. The number of carbonyl (C=O) groups is 2. The zero-order valence-electron chi connectivity index (χ0n) is 15.4. The molecule has 2 aromatic carbocycles. The van der Waals surface area contributed by atoms with Gasteiger partial charge >= 0.3 is 12.6 Å². The third-order valence-electron chi connectivity index (χ3n) is 4.39. The van der Waals surface area contributed by atoms with Crippen LogP contribution in [0.5, 0.6) is 17.2 Å².